The number of hydrogen-bond donors (Lipinski definition) is 1. The summed E-state index contributed by atoms with van der Waals surface area (Å²) in [5.74, 6) is 0.302. The van der Waals surface area contributed by atoms with Gasteiger partial charge in [-0.15, -0.1) is 0 Å². The zero-order valence-electron chi connectivity index (χ0n) is 33.4. The summed E-state index contributed by atoms with van der Waals surface area (Å²) >= 11 is 0. The van der Waals surface area contributed by atoms with Crippen LogP contribution in [-0.2, 0) is 27.1 Å². The number of rotatable bonds is 4. The fourth-order valence-electron chi connectivity index (χ4n) is 7.17. The summed E-state index contributed by atoms with van der Waals surface area (Å²) in [4.78, 5) is 10.4. The van der Waals surface area contributed by atoms with Crippen molar-refractivity contribution in [1.29, 1.82) is 0 Å². The third-order valence-corrected chi connectivity index (χ3v) is 10.6. The van der Waals surface area contributed by atoms with E-state index in [-0.39, 0.29) is 27.1 Å². The molecule has 51 heavy (non-hydrogen) atoms. The Balaban J connectivity index is 1.76. The van der Waals surface area contributed by atoms with E-state index in [9.17, 15) is 5.11 Å². The molecule has 0 saturated carbocycles. The SMILES string of the molecule is CC(C)(C)c1cc(-n2c3ccc(C(C)(C)C)cc3c3cc(C(C)(C)C)c(-c4cccc(C(C)(C)c5ccccn5)c4)nc32)c(O)c(C(C)(C)C)c1. The summed E-state index contributed by atoms with van der Waals surface area (Å²) < 4.78 is 2.22. The van der Waals surface area contributed by atoms with Crippen LogP contribution in [0.1, 0.15) is 130 Å². The minimum atomic E-state index is -0.302. The van der Waals surface area contributed by atoms with E-state index in [2.05, 4.69) is 174 Å². The van der Waals surface area contributed by atoms with Crippen molar-refractivity contribution in [3.8, 4) is 22.7 Å². The molecule has 3 aromatic carbocycles. The molecule has 0 radical (unpaired) electrons. The number of phenolic OH excluding ortho intramolecular Hbond substituents is 1. The van der Waals surface area contributed by atoms with E-state index in [1.807, 2.05) is 12.3 Å². The van der Waals surface area contributed by atoms with Crippen LogP contribution in [0.3, 0.4) is 0 Å². The van der Waals surface area contributed by atoms with Gasteiger partial charge in [-0.1, -0.05) is 133 Å². The van der Waals surface area contributed by atoms with Crippen LogP contribution in [0.15, 0.2) is 85.1 Å². The molecule has 0 spiro atoms. The predicted molar refractivity (Wildman–Crippen MR) is 217 cm³/mol. The summed E-state index contributed by atoms with van der Waals surface area (Å²) in [7, 11) is 0. The molecule has 4 heteroatoms. The highest BCUT2D eigenvalue weighted by Gasteiger charge is 2.31. The van der Waals surface area contributed by atoms with E-state index in [4.69, 9.17) is 9.97 Å². The summed E-state index contributed by atoms with van der Waals surface area (Å²) in [6.45, 7) is 31.3. The van der Waals surface area contributed by atoms with Gasteiger partial charge in [-0.05, 0) is 86.4 Å². The van der Waals surface area contributed by atoms with E-state index < -0.39 is 0 Å². The standard InChI is InChI=1S/C47H57N3O/c1-43(2,3)30-21-22-37-33(25-30)34-28-35(45(7,8)9)40(29-18-17-19-31(24-29)47(13,14)39-20-15-16-23-48-39)49-42(34)50(37)38-27-32(44(4,5)6)26-36(41(38)51)46(10,11)12/h15-28,51H,1-14H3. The molecule has 0 unspecified atom stereocenters. The maximum Gasteiger partial charge on any atom is 0.146 e. The average molecular weight is 680 g/mol. The van der Waals surface area contributed by atoms with Gasteiger partial charge in [0.25, 0.3) is 0 Å². The molecule has 0 atom stereocenters. The topological polar surface area (TPSA) is 50.9 Å². The highest BCUT2D eigenvalue weighted by Crippen LogP contribution is 2.45. The summed E-state index contributed by atoms with van der Waals surface area (Å²) in [6.07, 6.45) is 1.87. The van der Waals surface area contributed by atoms with Crippen molar-refractivity contribution in [2.45, 2.75) is 124 Å². The fourth-order valence-corrected chi connectivity index (χ4v) is 7.17. The molecule has 0 aliphatic carbocycles. The minimum absolute atomic E-state index is 0.0304. The van der Waals surface area contributed by atoms with Gasteiger partial charge < -0.3 is 5.11 Å². The smallest absolute Gasteiger partial charge is 0.146 e. The fraction of sp³-hybridized carbons (Fsp3) is 0.404. The number of pyridine rings is 2. The lowest BCUT2D eigenvalue weighted by Gasteiger charge is -2.28. The van der Waals surface area contributed by atoms with Gasteiger partial charge in [0.2, 0.25) is 0 Å². The molecule has 1 N–H and O–H groups in total. The molecule has 4 nitrogen and oxygen atoms in total. The number of phenols is 1. The second-order valence-electron chi connectivity index (χ2n) is 19.1. The van der Waals surface area contributed by atoms with Crippen LogP contribution in [0.2, 0.25) is 0 Å². The highest BCUT2D eigenvalue weighted by molar-refractivity contribution is 6.09. The van der Waals surface area contributed by atoms with Gasteiger partial charge in [0, 0.05) is 33.5 Å². The molecule has 3 heterocycles. The van der Waals surface area contributed by atoms with Crippen LogP contribution in [-0.4, -0.2) is 19.6 Å². The van der Waals surface area contributed by atoms with Gasteiger partial charge in [-0.2, -0.15) is 0 Å². The molecule has 0 aliphatic rings. The van der Waals surface area contributed by atoms with Crippen molar-refractivity contribution >= 4 is 21.9 Å². The quantitative estimate of drug-likeness (QED) is 0.202. The van der Waals surface area contributed by atoms with Crippen molar-refractivity contribution in [1.82, 2.24) is 14.5 Å². The van der Waals surface area contributed by atoms with E-state index in [0.29, 0.717) is 5.75 Å². The molecule has 0 aliphatic heterocycles. The minimum Gasteiger partial charge on any atom is -0.505 e. The first-order valence-corrected chi connectivity index (χ1v) is 18.4. The van der Waals surface area contributed by atoms with Crippen LogP contribution >= 0.6 is 0 Å². The number of fused-ring (bicyclic) bond motifs is 3. The first kappa shape index (κ1) is 36.4. The first-order chi connectivity index (χ1) is 23.5. The van der Waals surface area contributed by atoms with Crippen LogP contribution in [0.4, 0.5) is 0 Å². The maximum absolute atomic E-state index is 12.2. The average Bonchev–Trinajstić information content (AvgIpc) is 3.35. The second kappa shape index (κ2) is 12.1. The molecular formula is C47H57N3O. The lowest BCUT2D eigenvalue weighted by atomic mass is 9.79. The Morgan fingerprint density at radius 1 is 0.549 bits per heavy atom. The Morgan fingerprint density at radius 2 is 1.22 bits per heavy atom. The van der Waals surface area contributed by atoms with Crippen molar-refractivity contribution in [3.05, 3.63) is 119 Å². The van der Waals surface area contributed by atoms with Gasteiger partial charge in [0.05, 0.1) is 22.6 Å². The lowest BCUT2D eigenvalue weighted by molar-refractivity contribution is 0.442. The Labute approximate surface area is 306 Å². The molecule has 0 fully saturated rings. The Hall–Kier alpha value is -4.44. The normalized spacial score (nSPS) is 13.4. The van der Waals surface area contributed by atoms with E-state index in [1.54, 1.807) is 0 Å². The number of benzene rings is 3. The van der Waals surface area contributed by atoms with Crippen molar-refractivity contribution in [2.24, 2.45) is 0 Å². The largest absolute Gasteiger partial charge is 0.505 e. The molecule has 0 bridgehead atoms. The van der Waals surface area contributed by atoms with Crippen molar-refractivity contribution in [3.63, 3.8) is 0 Å². The predicted octanol–water partition coefficient (Wildman–Crippen LogP) is 12.5. The van der Waals surface area contributed by atoms with Crippen LogP contribution in [0, 0.1) is 0 Å². The second-order valence-corrected chi connectivity index (χ2v) is 19.1. The zero-order chi connectivity index (χ0) is 37.5. The molecule has 0 amide bonds. The molecule has 6 rings (SSSR count). The summed E-state index contributed by atoms with van der Waals surface area (Å²) in [5.41, 5.74) is 10.5. The Morgan fingerprint density at radius 3 is 1.80 bits per heavy atom. The van der Waals surface area contributed by atoms with E-state index in [0.717, 1.165) is 50.1 Å². The maximum atomic E-state index is 12.2. The number of aromatic hydroxyl groups is 1. The molecule has 266 valence electrons. The Kier molecular flexibility index (Phi) is 8.61. The van der Waals surface area contributed by atoms with Crippen LogP contribution in [0.25, 0.3) is 38.9 Å². The van der Waals surface area contributed by atoms with Crippen molar-refractivity contribution in [2.75, 3.05) is 0 Å². The first-order valence-electron chi connectivity index (χ1n) is 18.4. The van der Waals surface area contributed by atoms with Crippen LogP contribution in [0.5, 0.6) is 5.75 Å². The van der Waals surface area contributed by atoms with Crippen LogP contribution < -0.4 is 0 Å². The lowest BCUT2D eigenvalue weighted by Crippen LogP contribution is -2.20. The summed E-state index contributed by atoms with van der Waals surface area (Å²) in [6, 6.07) is 28.5. The van der Waals surface area contributed by atoms with Gasteiger partial charge in [0.1, 0.15) is 11.4 Å². The van der Waals surface area contributed by atoms with Gasteiger partial charge >= 0.3 is 0 Å². The molecular weight excluding hydrogens is 623 g/mol. The number of aromatic nitrogens is 3. The monoisotopic (exact) mass is 679 g/mol. The number of nitrogens with zero attached hydrogens (tertiary/aromatic N) is 3. The zero-order valence-corrected chi connectivity index (χ0v) is 33.4. The van der Waals surface area contributed by atoms with E-state index >= 15 is 0 Å². The molecule has 0 saturated heterocycles. The Bertz CT molecular complexity index is 2260. The summed E-state index contributed by atoms with van der Waals surface area (Å²) in [5, 5.41) is 14.5. The van der Waals surface area contributed by atoms with Crippen molar-refractivity contribution < 1.29 is 5.11 Å². The highest BCUT2D eigenvalue weighted by atomic mass is 16.3. The van der Waals surface area contributed by atoms with Gasteiger partial charge in [-0.25, -0.2) is 4.98 Å². The van der Waals surface area contributed by atoms with Gasteiger partial charge in [-0.3, -0.25) is 9.55 Å². The third-order valence-electron chi connectivity index (χ3n) is 10.6. The van der Waals surface area contributed by atoms with E-state index in [1.165, 1.54) is 22.3 Å². The third kappa shape index (κ3) is 6.59. The molecule has 6 aromatic rings. The van der Waals surface area contributed by atoms with Gasteiger partial charge in [0.15, 0.2) is 0 Å². The molecule has 3 aromatic heterocycles. The number of hydrogen-bond acceptors (Lipinski definition) is 3.